The summed E-state index contributed by atoms with van der Waals surface area (Å²) in [5.41, 5.74) is 1.97. The summed E-state index contributed by atoms with van der Waals surface area (Å²) >= 11 is 8.70. The number of halogens is 1. The lowest BCUT2D eigenvalue weighted by Gasteiger charge is -2.19. The number of benzene rings is 3. The van der Waals surface area contributed by atoms with Gasteiger partial charge in [0.2, 0.25) is 5.13 Å². The van der Waals surface area contributed by atoms with Crippen molar-refractivity contribution in [2.75, 3.05) is 16.7 Å². The topological polar surface area (TPSA) is 92.3 Å². The van der Waals surface area contributed by atoms with Crippen LogP contribution in [0, 0.1) is 0 Å². The fourth-order valence-corrected chi connectivity index (χ4v) is 5.96. The van der Waals surface area contributed by atoms with Crippen molar-refractivity contribution in [2.45, 2.75) is 15.0 Å². The highest BCUT2D eigenvalue weighted by Crippen LogP contribution is 2.29. The van der Waals surface area contributed by atoms with Gasteiger partial charge < -0.3 is 0 Å². The summed E-state index contributed by atoms with van der Waals surface area (Å²) in [6.07, 6.45) is 0. The van der Waals surface area contributed by atoms with Gasteiger partial charge in [0.25, 0.3) is 15.9 Å². The Morgan fingerprint density at radius 1 is 1.00 bits per heavy atom. The van der Waals surface area contributed by atoms with E-state index in [1.807, 2.05) is 30.3 Å². The Hall–Kier alpha value is -2.92. The minimum absolute atomic E-state index is 0.124. The number of hydrogen-bond donors (Lipinski definition) is 1. The number of hydrogen-bond acceptors (Lipinski definition) is 7. The van der Waals surface area contributed by atoms with Crippen LogP contribution in [-0.2, 0) is 15.8 Å². The Morgan fingerprint density at radius 2 is 1.68 bits per heavy atom. The van der Waals surface area contributed by atoms with Gasteiger partial charge in [-0.15, -0.1) is 10.2 Å². The normalized spacial score (nSPS) is 11.2. The molecule has 1 amide bonds. The Morgan fingerprint density at radius 3 is 2.35 bits per heavy atom. The monoisotopic (exact) mass is 530 g/mol. The third-order valence-corrected chi connectivity index (χ3v) is 8.89. The van der Waals surface area contributed by atoms with Crippen LogP contribution in [0.1, 0.15) is 15.9 Å². The quantitative estimate of drug-likeness (QED) is 0.237. The van der Waals surface area contributed by atoms with E-state index in [1.165, 1.54) is 48.2 Å². The fourth-order valence-electron chi connectivity index (χ4n) is 2.93. The first kappa shape index (κ1) is 24.2. The van der Waals surface area contributed by atoms with Crippen LogP contribution in [0.15, 0.2) is 88.1 Å². The standard InChI is InChI=1S/C23H19ClN4O3S3/c1-28(34(30,31)20-13-9-18(24)10-14-20)19-11-7-17(8-12-19)21(29)25-22-26-27-23(33-22)32-15-16-5-3-2-4-6-16/h2-14H,15H2,1H3,(H,25,26,29). The molecule has 0 bridgehead atoms. The van der Waals surface area contributed by atoms with Crippen molar-refractivity contribution in [2.24, 2.45) is 0 Å². The molecule has 0 saturated heterocycles. The predicted molar refractivity (Wildman–Crippen MR) is 137 cm³/mol. The minimum Gasteiger partial charge on any atom is -0.296 e. The van der Waals surface area contributed by atoms with Gasteiger partial charge in [0.05, 0.1) is 10.6 Å². The number of nitrogens with one attached hydrogen (secondary N) is 1. The molecule has 4 aromatic rings. The number of sulfonamides is 1. The van der Waals surface area contributed by atoms with Crippen LogP contribution in [0.5, 0.6) is 0 Å². The van der Waals surface area contributed by atoms with Crippen molar-refractivity contribution < 1.29 is 13.2 Å². The molecule has 0 fully saturated rings. The molecule has 0 spiro atoms. The molecule has 0 radical (unpaired) electrons. The molecule has 174 valence electrons. The Bertz CT molecular complexity index is 1380. The maximum absolute atomic E-state index is 12.8. The smallest absolute Gasteiger partial charge is 0.264 e. The van der Waals surface area contributed by atoms with Crippen molar-refractivity contribution in [3.05, 3.63) is 95.0 Å². The van der Waals surface area contributed by atoms with Gasteiger partial charge in [-0.3, -0.25) is 14.4 Å². The molecule has 1 N–H and O–H groups in total. The van der Waals surface area contributed by atoms with Crippen molar-refractivity contribution in [3.8, 4) is 0 Å². The number of carbonyl (C=O) groups excluding carboxylic acids is 1. The van der Waals surface area contributed by atoms with Crippen LogP contribution in [-0.4, -0.2) is 31.6 Å². The molecule has 0 aliphatic heterocycles. The lowest BCUT2D eigenvalue weighted by atomic mass is 10.2. The van der Waals surface area contributed by atoms with E-state index in [4.69, 9.17) is 11.6 Å². The summed E-state index contributed by atoms with van der Waals surface area (Å²) in [5.74, 6) is 0.405. The number of nitrogens with zero attached hydrogens (tertiary/aromatic N) is 3. The molecular formula is C23H19ClN4O3S3. The zero-order valence-electron chi connectivity index (χ0n) is 17.9. The van der Waals surface area contributed by atoms with E-state index in [1.54, 1.807) is 36.0 Å². The molecule has 0 atom stereocenters. The lowest BCUT2D eigenvalue weighted by Crippen LogP contribution is -2.26. The Kier molecular flexibility index (Phi) is 7.52. The zero-order chi connectivity index (χ0) is 24.1. The van der Waals surface area contributed by atoms with E-state index in [0.29, 0.717) is 21.4 Å². The van der Waals surface area contributed by atoms with Crippen molar-refractivity contribution >= 4 is 61.4 Å². The third kappa shape index (κ3) is 5.76. The van der Waals surface area contributed by atoms with Crippen molar-refractivity contribution in [1.29, 1.82) is 0 Å². The first-order chi connectivity index (χ1) is 16.3. The molecule has 0 aliphatic rings. The number of carbonyl (C=O) groups is 1. The van der Waals surface area contributed by atoms with Crippen LogP contribution in [0.25, 0.3) is 0 Å². The lowest BCUT2D eigenvalue weighted by molar-refractivity contribution is 0.102. The first-order valence-electron chi connectivity index (χ1n) is 9.99. The maximum atomic E-state index is 12.8. The minimum atomic E-state index is -3.76. The molecular weight excluding hydrogens is 512 g/mol. The molecule has 0 saturated carbocycles. The average molecular weight is 531 g/mol. The van der Waals surface area contributed by atoms with E-state index in [9.17, 15) is 13.2 Å². The molecule has 4 rings (SSSR count). The van der Waals surface area contributed by atoms with Crippen LogP contribution in [0.4, 0.5) is 10.8 Å². The molecule has 0 unspecified atom stereocenters. The third-order valence-electron chi connectivity index (χ3n) is 4.80. The van der Waals surface area contributed by atoms with Gasteiger partial charge >= 0.3 is 0 Å². The summed E-state index contributed by atoms with van der Waals surface area (Å²) in [7, 11) is -2.30. The Balaban J connectivity index is 1.38. The van der Waals surface area contributed by atoms with Crippen molar-refractivity contribution in [3.63, 3.8) is 0 Å². The van der Waals surface area contributed by atoms with Gasteiger partial charge in [0.1, 0.15) is 0 Å². The SMILES string of the molecule is CN(c1ccc(C(=O)Nc2nnc(SCc3ccccc3)s2)cc1)S(=O)(=O)c1ccc(Cl)cc1. The summed E-state index contributed by atoms with van der Waals surface area (Å²) in [6.45, 7) is 0. The number of thioether (sulfide) groups is 1. The van der Waals surface area contributed by atoms with E-state index < -0.39 is 10.0 Å². The van der Waals surface area contributed by atoms with Crippen LogP contribution >= 0.6 is 34.7 Å². The zero-order valence-corrected chi connectivity index (χ0v) is 21.1. The summed E-state index contributed by atoms with van der Waals surface area (Å²) in [5, 5.41) is 11.7. The van der Waals surface area contributed by atoms with Crippen LogP contribution in [0.3, 0.4) is 0 Å². The predicted octanol–water partition coefficient (Wildman–Crippen LogP) is 5.56. The number of rotatable bonds is 8. The highest BCUT2D eigenvalue weighted by molar-refractivity contribution is 8.00. The summed E-state index contributed by atoms with van der Waals surface area (Å²) in [4.78, 5) is 12.7. The van der Waals surface area contributed by atoms with E-state index in [2.05, 4.69) is 15.5 Å². The first-order valence-corrected chi connectivity index (χ1v) is 13.6. The molecule has 34 heavy (non-hydrogen) atoms. The second-order valence-electron chi connectivity index (χ2n) is 7.07. The second kappa shape index (κ2) is 10.6. The van der Waals surface area contributed by atoms with E-state index in [0.717, 1.165) is 14.4 Å². The highest BCUT2D eigenvalue weighted by atomic mass is 35.5. The number of aromatic nitrogens is 2. The fraction of sp³-hybridized carbons (Fsp3) is 0.0870. The van der Waals surface area contributed by atoms with Gasteiger partial charge in [0.15, 0.2) is 4.34 Å². The summed E-state index contributed by atoms with van der Waals surface area (Å²) < 4.78 is 27.6. The van der Waals surface area contributed by atoms with E-state index >= 15 is 0 Å². The van der Waals surface area contributed by atoms with Crippen molar-refractivity contribution in [1.82, 2.24) is 10.2 Å². The molecule has 1 heterocycles. The van der Waals surface area contributed by atoms with Gasteiger partial charge in [-0.2, -0.15) is 0 Å². The van der Waals surface area contributed by atoms with Crippen LogP contribution < -0.4 is 9.62 Å². The highest BCUT2D eigenvalue weighted by Gasteiger charge is 2.21. The van der Waals surface area contributed by atoms with Gasteiger partial charge in [-0.1, -0.05) is 65.0 Å². The van der Waals surface area contributed by atoms with Gasteiger partial charge in [0, 0.05) is 23.4 Å². The van der Waals surface area contributed by atoms with Crippen LogP contribution in [0.2, 0.25) is 5.02 Å². The second-order valence-corrected chi connectivity index (χ2v) is 11.7. The molecule has 3 aromatic carbocycles. The molecule has 1 aromatic heterocycles. The van der Waals surface area contributed by atoms with Gasteiger partial charge in [-0.25, -0.2) is 8.42 Å². The maximum Gasteiger partial charge on any atom is 0.264 e. The average Bonchev–Trinajstić information content (AvgIpc) is 3.30. The molecule has 0 aliphatic carbocycles. The van der Waals surface area contributed by atoms with E-state index in [-0.39, 0.29) is 10.8 Å². The molecule has 11 heteroatoms. The van der Waals surface area contributed by atoms with Gasteiger partial charge in [-0.05, 0) is 54.1 Å². The summed E-state index contributed by atoms with van der Waals surface area (Å²) in [6, 6.07) is 22.2. The number of amides is 1. The number of anilines is 2. The molecule has 7 nitrogen and oxygen atoms in total. The Labute approximate surface area is 210 Å². The largest absolute Gasteiger partial charge is 0.296 e.